The van der Waals surface area contributed by atoms with E-state index in [0.717, 1.165) is 13.0 Å². The van der Waals surface area contributed by atoms with Crippen LogP contribution in [-0.2, 0) is 47.7 Å². The van der Waals surface area contributed by atoms with Gasteiger partial charge in [0.2, 0.25) is 5.91 Å². The number of aliphatic hydroxyl groups excluding tert-OH is 1. The zero-order chi connectivity index (χ0) is 40.0. The molecule has 1 aromatic carbocycles. The lowest BCUT2D eigenvalue weighted by Gasteiger charge is -2.23. The van der Waals surface area contributed by atoms with Gasteiger partial charge in [0.05, 0.1) is 57.0 Å². The van der Waals surface area contributed by atoms with E-state index in [9.17, 15) is 38.7 Å². The van der Waals surface area contributed by atoms with Gasteiger partial charge < -0.3 is 43.6 Å². The minimum Gasteiger partial charge on any atom is -0.466 e. The molecule has 1 saturated heterocycles. The number of rotatable bonds is 13. The summed E-state index contributed by atoms with van der Waals surface area (Å²) < 4.78 is 23.7. The number of hydrogen-bond acceptors (Lipinski definition) is 14. The highest BCUT2D eigenvalue weighted by molar-refractivity contribution is 6.03. The molecule has 2 rings (SSSR count). The SMILES string of the molecule is C=CN1CCCC1=O.CC(C)=O.CC(C)O.CCOC(=O)CC(O)(CC(=O)OCC)C(=O)OCC.CCOC(=O)c1ccccc1C(=O)OCC. The largest absolute Gasteiger partial charge is 0.466 e. The third kappa shape index (κ3) is 25.9. The number of ether oxygens (including phenoxy) is 5. The number of carbonyl (C=O) groups is 7. The molecule has 1 aromatic rings. The molecule has 0 bridgehead atoms. The van der Waals surface area contributed by atoms with Gasteiger partial charge >= 0.3 is 29.8 Å². The van der Waals surface area contributed by atoms with E-state index in [4.69, 9.17) is 14.6 Å². The monoisotopic (exact) mass is 727 g/mol. The van der Waals surface area contributed by atoms with Gasteiger partial charge in [0.25, 0.3) is 0 Å². The smallest absolute Gasteiger partial charge is 0.339 e. The Labute approximate surface area is 301 Å². The Hall–Kier alpha value is -4.63. The molecule has 0 radical (unpaired) electrons. The number of hydrogen-bond donors (Lipinski definition) is 2. The first-order chi connectivity index (χ1) is 23.9. The Morgan fingerprint density at radius 3 is 1.39 bits per heavy atom. The van der Waals surface area contributed by atoms with Crippen molar-refractivity contribution in [2.24, 2.45) is 0 Å². The van der Waals surface area contributed by atoms with Crippen molar-refractivity contribution in [3.8, 4) is 0 Å². The molecular weight excluding hydrogens is 670 g/mol. The average molecular weight is 728 g/mol. The second kappa shape index (κ2) is 30.2. The maximum Gasteiger partial charge on any atom is 0.339 e. The highest BCUT2D eigenvalue weighted by Crippen LogP contribution is 2.20. The molecule has 15 nitrogen and oxygen atoms in total. The van der Waals surface area contributed by atoms with Crippen molar-refractivity contribution < 1.29 is 67.5 Å². The molecule has 0 spiro atoms. The summed E-state index contributed by atoms with van der Waals surface area (Å²) in [7, 11) is 0. The number of benzene rings is 1. The molecule has 0 aromatic heterocycles. The summed E-state index contributed by atoms with van der Waals surface area (Å²) >= 11 is 0. The highest BCUT2D eigenvalue weighted by atomic mass is 16.6. The van der Waals surface area contributed by atoms with Crippen LogP contribution in [0.3, 0.4) is 0 Å². The van der Waals surface area contributed by atoms with Gasteiger partial charge in [0, 0.05) is 19.1 Å². The fourth-order valence-corrected chi connectivity index (χ4v) is 3.49. The van der Waals surface area contributed by atoms with Crippen molar-refractivity contribution in [3.05, 3.63) is 48.2 Å². The molecule has 2 N–H and O–H groups in total. The summed E-state index contributed by atoms with van der Waals surface area (Å²) in [6.45, 7) is 19.8. The molecule has 0 atom stereocenters. The first-order valence-corrected chi connectivity index (χ1v) is 16.6. The standard InChI is InChI=1S/C12H20O7.C12H14O4.C6H9NO.C3H8O.C3H6O/c1-4-17-9(13)7-12(16,11(15)19-6-3)8-10(14)18-5-2;1-3-15-11(13)9-7-5-6-8-10(9)12(14)16-4-2;1-2-7-5-3-4-6(7)8;2*1-3(2)4/h16H,4-8H2,1-3H3;5-8H,3-4H2,1-2H3;2H,1,3-5H2;3-4H,1-2H3;1-2H3. The fraction of sp³-hybridized carbons (Fsp3) is 0.583. The lowest BCUT2D eigenvalue weighted by molar-refractivity contribution is -0.177. The van der Waals surface area contributed by atoms with Gasteiger partial charge in [-0.25, -0.2) is 14.4 Å². The van der Waals surface area contributed by atoms with Crippen LogP contribution in [0.1, 0.15) is 109 Å². The molecule has 1 amide bonds. The number of likely N-dealkylation sites (tertiary alicyclic amines) is 1. The van der Waals surface area contributed by atoms with Gasteiger partial charge in [-0.15, -0.1) is 0 Å². The van der Waals surface area contributed by atoms with Gasteiger partial charge in [-0.05, 0) is 87.1 Å². The van der Waals surface area contributed by atoms with E-state index < -0.39 is 48.3 Å². The molecular formula is C36H57NO14. The van der Waals surface area contributed by atoms with Crippen molar-refractivity contribution in [3.63, 3.8) is 0 Å². The summed E-state index contributed by atoms with van der Waals surface area (Å²) in [5.41, 5.74) is -1.78. The van der Waals surface area contributed by atoms with Crippen molar-refractivity contribution in [1.29, 1.82) is 0 Å². The van der Waals surface area contributed by atoms with Crippen LogP contribution >= 0.6 is 0 Å². The molecule has 1 aliphatic rings. The molecule has 0 saturated carbocycles. The topological polar surface area (TPSA) is 209 Å². The molecule has 51 heavy (non-hydrogen) atoms. The number of ketones is 1. The third-order valence-corrected chi connectivity index (χ3v) is 5.39. The van der Waals surface area contributed by atoms with Crippen molar-refractivity contribution >= 4 is 41.5 Å². The van der Waals surface area contributed by atoms with E-state index >= 15 is 0 Å². The number of amides is 1. The lowest BCUT2D eigenvalue weighted by Crippen LogP contribution is -2.44. The van der Waals surface area contributed by atoms with E-state index in [1.54, 1.807) is 83.8 Å². The quantitative estimate of drug-likeness (QED) is 0.218. The maximum atomic E-state index is 11.7. The van der Waals surface area contributed by atoms with Gasteiger partial charge in [0.15, 0.2) is 5.60 Å². The Morgan fingerprint density at radius 2 is 1.14 bits per heavy atom. The minimum atomic E-state index is -2.26. The fourth-order valence-electron chi connectivity index (χ4n) is 3.49. The van der Waals surface area contributed by atoms with E-state index in [-0.39, 0.29) is 62.0 Å². The van der Waals surface area contributed by atoms with E-state index in [0.29, 0.717) is 6.42 Å². The van der Waals surface area contributed by atoms with Crippen LogP contribution in [0, 0.1) is 0 Å². The van der Waals surface area contributed by atoms with Crippen molar-refractivity contribution in [2.45, 2.75) is 99.7 Å². The van der Waals surface area contributed by atoms with Crippen LogP contribution in [-0.4, -0.2) is 108 Å². The van der Waals surface area contributed by atoms with E-state index in [1.807, 2.05) is 0 Å². The van der Waals surface area contributed by atoms with Gasteiger partial charge in [-0.3, -0.25) is 14.4 Å². The minimum absolute atomic E-state index is 0.0206. The predicted octanol–water partition coefficient (Wildman–Crippen LogP) is 3.96. The van der Waals surface area contributed by atoms with Crippen LogP contribution in [0.5, 0.6) is 0 Å². The first kappa shape index (κ1) is 50.7. The summed E-state index contributed by atoms with van der Waals surface area (Å²) in [4.78, 5) is 79.2. The molecule has 1 aliphatic heterocycles. The van der Waals surface area contributed by atoms with Crippen LogP contribution in [0.15, 0.2) is 37.0 Å². The molecule has 0 aliphatic carbocycles. The second-order valence-corrected chi connectivity index (χ2v) is 10.6. The van der Waals surface area contributed by atoms with Crippen LogP contribution < -0.4 is 0 Å². The van der Waals surface area contributed by atoms with Crippen LogP contribution in [0.2, 0.25) is 0 Å². The van der Waals surface area contributed by atoms with Crippen LogP contribution in [0.4, 0.5) is 0 Å². The summed E-state index contributed by atoms with van der Waals surface area (Å²) in [6.07, 6.45) is 1.81. The number of Topliss-reactive ketones (excluding diaryl/α,β-unsaturated/α-hetero) is 1. The zero-order valence-corrected chi connectivity index (χ0v) is 31.5. The van der Waals surface area contributed by atoms with E-state index in [1.165, 1.54) is 13.8 Å². The highest BCUT2D eigenvalue weighted by Gasteiger charge is 2.43. The summed E-state index contributed by atoms with van der Waals surface area (Å²) in [5, 5.41) is 18.2. The van der Waals surface area contributed by atoms with Gasteiger partial charge in [0.1, 0.15) is 5.78 Å². The summed E-state index contributed by atoms with van der Waals surface area (Å²) in [5.74, 6) is -3.27. The second-order valence-electron chi connectivity index (χ2n) is 10.6. The number of carbonyl (C=O) groups excluding carboxylic acids is 7. The van der Waals surface area contributed by atoms with Crippen molar-refractivity contribution in [1.82, 2.24) is 4.90 Å². The third-order valence-electron chi connectivity index (χ3n) is 5.39. The Kier molecular flexibility index (Phi) is 30.1. The Bertz CT molecular complexity index is 1160. The van der Waals surface area contributed by atoms with Gasteiger partial charge in [-0.2, -0.15) is 0 Å². The summed E-state index contributed by atoms with van der Waals surface area (Å²) in [6, 6.07) is 6.44. The first-order valence-electron chi connectivity index (χ1n) is 16.6. The molecule has 1 heterocycles. The number of nitrogens with zero attached hydrogens (tertiary/aromatic N) is 1. The number of esters is 5. The van der Waals surface area contributed by atoms with Crippen LogP contribution in [0.25, 0.3) is 0 Å². The molecule has 1 fully saturated rings. The Morgan fingerprint density at radius 1 is 0.784 bits per heavy atom. The molecule has 15 heteroatoms. The maximum absolute atomic E-state index is 11.7. The van der Waals surface area contributed by atoms with E-state index in [2.05, 4.69) is 20.8 Å². The molecule has 0 unspecified atom stereocenters. The lowest BCUT2D eigenvalue weighted by atomic mass is 9.95. The number of aliphatic hydroxyl groups is 2. The zero-order valence-electron chi connectivity index (χ0n) is 31.5. The van der Waals surface area contributed by atoms with Crippen molar-refractivity contribution in [2.75, 3.05) is 39.6 Å². The Balaban J connectivity index is -0.000000640. The normalized spacial score (nSPS) is 11.3. The average Bonchev–Trinajstić information content (AvgIpc) is 3.46. The predicted molar refractivity (Wildman–Crippen MR) is 187 cm³/mol. The molecule has 290 valence electrons. The van der Waals surface area contributed by atoms with Gasteiger partial charge in [-0.1, -0.05) is 18.7 Å².